The van der Waals surface area contributed by atoms with Crippen LogP contribution in [0.2, 0.25) is 0 Å². The van der Waals surface area contributed by atoms with Gasteiger partial charge < -0.3 is 10.2 Å². The van der Waals surface area contributed by atoms with Gasteiger partial charge >= 0.3 is 0 Å². The van der Waals surface area contributed by atoms with Gasteiger partial charge in [0.25, 0.3) is 5.91 Å². The molecule has 0 aliphatic heterocycles. The quantitative estimate of drug-likeness (QED) is 0.250. The van der Waals surface area contributed by atoms with Crippen LogP contribution in [-0.4, -0.2) is 44.0 Å². The topological polar surface area (TPSA) is 119 Å². The van der Waals surface area contributed by atoms with Crippen LogP contribution in [0.4, 0.5) is 5.82 Å². The van der Waals surface area contributed by atoms with Crippen molar-refractivity contribution in [1.82, 2.24) is 19.9 Å². The summed E-state index contributed by atoms with van der Waals surface area (Å²) >= 11 is 0. The molecule has 2 aliphatic rings. The molecular formula is C28H25N7O. The Morgan fingerprint density at radius 2 is 1.81 bits per heavy atom. The molecule has 3 aromatic heterocycles. The third-order valence-corrected chi connectivity index (χ3v) is 6.61. The molecule has 1 amide bonds. The van der Waals surface area contributed by atoms with Crippen LogP contribution in [0.25, 0.3) is 22.0 Å². The minimum absolute atomic E-state index is 0.150. The Bertz CT molecular complexity index is 1490. The predicted molar refractivity (Wildman–Crippen MR) is 140 cm³/mol. The van der Waals surface area contributed by atoms with Gasteiger partial charge in [-0.3, -0.25) is 20.6 Å². The van der Waals surface area contributed by atoms with Crippen LogP contribution in [0.5, 0.6) is 0 Å². The average Bonchev–Trinajstić information content (AvgIpc) is 3.83. The maximum Gasteiger partial charge on any atom is 0.275 e. The Labute approximate surface area is 208 Å². The molecule has 0 atom stereocenters. The lowest BCUT2D eigenvalue weighted by Gasteiger charge is -2.18. The molecular weight excluding hydrogens is 450 g/mol. The molecule has 3 heterocycles. The Morgan fingerprint density at radius 3 is 2.53 bits per heavy atom. The first-order chi connectivity index (χ1) is 17.6. The molecule has 6 rings (SSSR count). The van der Waals surface area contributed by atoms with E-state index >= 15 is 0 Å². The number of carbonyl (C=O) groups is 1. The summed E-state index contributed by atoms with van der Waals surface area (Å²) in [5.74, 6) is 0.674. The minimum Gasteiger partial charge on any atom is -0.313 e. The van der Waals surface area contributed by atoms with Crippen LogP contribution in [0.15, 0.2) is 66.9 Å². The number of para-hydroxylation sites is 1. The van der Waals surface area contributed by atoms with E-state index in [0.717, 1.165) is 40.6 Å². The highest BCUT2D eigenvalue weighted by atomic mass is 16.1. The summed E-state index contributed by atoms with van der Waals surface area (Å²) in [5, 5.41) is 19.9. The molecule has 3 N–H and O–H groups in total. The number of anilines is 1. The first-order valence-electron chi connectivity index (χ1n) is 12.1. The predicted octanol–water partition coefficient (Wildman–Crippen LogP) is 5.22. The highest BCUT2D eigenvalue weighted by Crippen LogP contribution is 2.39. The van der Waals surface area contributed by atoms with Crippen LogP contribution >= 0.6 is 0 Å². The number of nitrogens with one attached hydrogen (secondary N) is 3. The number of pyridine rings is 3. The smallest absolute Gasteiger partial charge is 0.275 e. The van der Waals surface area contributed by atoms with Crippen LogP contribution < -0.4 is 5.32 Å². The highest BCUT2D eigenvalue weighted by Gasteiger charge is 2.30. The molecule has 0 radical (unpaired) electrons. The fraction of sp³-hybridized carbons (Fsp3) is 0.214. The van der Waals surface area contributed by atoms with Crippen molar-refractivity contribution >= 4 is 34.8 Å². The van der Waals surface area contributed by atoms with Crippen LogP contribution in [0.3, 0.4) is 0 Å². The van der Waals surface area contributed by atoms with Crippen LogP contribution in [0.1, 0.15) is 53.5 Å². The van der Waals surface area contributed by atoms with Crippen molar-refractivity contribution in [2.24, 2.45) is 0 Å². The monoisotopic (exact) mass is 475 g/mol. The summed E-state index contributed by atoms with van der Waals surface area (Å²) in [6.45, 7) is 0. The molecule has 0 bridgehead atoms. The van der Waals surface area contributed by atoms with Gasteiger partial charge in [0.1, 0.15) is 17.2 Å². The molecule has 178 valence electrons. The third-order valence-electron chi connectivity index (χ3n) is 6.61. The second kappa shape index (κ2) is 8.96. The third kappa shape index (κ3) is 4.33. The maximum absolute atomic E-state index is 13.3. The van der Waals surface area contributed by atoms with E-state index in [9.17, 15) is 4.79 Å². The first-order valence-corrected chi connectivity index (χ1v) is 12.1. The van der Waals surface area contributed by atoms with E-state index in [4.69, 9.17) is 10.8 Å². The normalized spacial score (nSPS) is 14.9. The largest absolute Gasteiger partial charge is 0.313 e. The number of nitrogens with zero attached hydrogens (tertiary/aromatic N) is 4. The number of amidine groups is 1. The molecule has 0 spiro atoms. The van der Waals surface area contributed by atoms with Crippen molar-refractivity contribution < 1.29 is 4.79 Å². The number of fused-ring (bicyclic) bond motifs is 1. The van der Waals surface area contributed by atoms with E-state index in [0.29, 0.717) is 17.4 Å². The van der Waals surface area contributed by atoms with Gasteiger partial charge in [-0.1, -0.05) is 30.3 Å². The van der Waals surface area contributed by atoms with Gasteiger partial charge in [0.05, 0.1) is 11.9 Å². The number of carbonyl (C=O) groups excluding carboxylic acids is 1. The number of rotatable bonds is 7. The van der Waals surface area contributed by atoms with E-state index in [1.165, 1.54) is 19.2 Å². The molecule has 4 aromatic rings. The van der Waals surface area contributed by atoms with Gasteiger partial charge in [-0.2, -0.15) is 0 Å². The summed E-state index contributed by atoms with van der Waals surface area (Å²) in [5.41, 5.74) is 4.35. The van der Waals surface area contributed by atoms with Gasteiger partial charge in [0.15, 0.2) is 5.84 Å². The Hall–Kier alpha value is -4.46. The van der Waals surface area contributed by atoms with E-state index in [-0.39, 0.29) is 23.5 Å². The van der Waals surface area contributed by atoms with Crippen LogP contribution in [-0.2, 0) is 0 Å². The van der Waals surface area contributed by atoms with E-state index in [2.05, 4.69) is 32.4 Å². The molecule has 0 saturated heterocycles. The number of hydrogen-bond donors (Lipinski definition) is 3. The van der Waals surface area contributed by atoms with Crippen molar-refractivity contribution in [3.63, 3.8) is 0 Å². The molecule has 8 heteroatoms. The number of hydrogen-bond acceptors (Lipinski definition) is 6. The maximum atomic E-state index is 13.3. The van der Waals surface area contributed by atoms with Gasteiger partial charge in [0.2, 0.25) is 0 Å². The first kappa shape index (κ1) is 22.0. The lowest BCUT2D eigenvalue weighted by atomic mass is 10.0. The molecule has 36 heavy (non-hydrogen) atoms. The Kier molecular flexibility index (Phi) is 5.48. The van der Waals surface area contributed by atoms with E-state index in [1.807, 2.05) is 30.5 Å². The summed E-state index contributed by atoms with van der Waals surface area (Å²) in [6.07, 6.45) is 7.36. The second-order valence-corrected chi connectivity index (χ2v) is 9.30. The molecule has 8 nitrogen and oxygen atoms in total. The van der Waals surface area contributed by atoms with Crippen molar-refractivity contribution in [3.05, 3.63) is 83.9 Å². The van der Waals surface area contributed by atoms with Crippen molar-refractivity contribution in [2.75, 3.05) is 5.32 Å². The Morgan fingerprint density at radius 1 is 0.972 bits per heavy atom. The zero-order chi connectivity index (χ0) is 24.6. The Balaban J connectivity index is 1.30. The lowest BCUT2D eigenvalue weighted by molar-refractivity contribution is 0.102. The van der Waals surface area contributed by atoms with Gasteiger partial charge in [-0.15, -0.1) is 0 Å². The second-order valence-electron chi connectivity index (χ2n) is 9.30. The van der Waals surface area contributed by atoms with Crippen molar-refractivity contribution in [3.8, 4) is 11.1 Å². The summed E-state index contributed by atoms with van der Waals surface area (Å²) in [7, 11) is 0. The van der Waals surface area contributed by atoms with Crippen molar-refractivity contribution in [2.45, 2.75) is 37.6 Å². The molecule has 2 aliphatic carbocycles. The molecule has 0 unspecified atom stereocenters. The summed E-state index contributed by atoms with van der Waals surface area (Å²) < 4.78 is 0. The van der Waals surface area contributed by atoms with E-state index < -0.39 is 0 Å². The van der Waals surface area contributed by atoms with Gasteiger partial charge in [-0.25, -0.2) is 9.97 Å². The summed E-state index contributed by atoms with van der Waals surface area (Å²) in [6, 6.07) is 19.0. The summed E-state index contributed by atoms with van der Waals surface area (Å²) in [4.78, 5) is 28.6. The zero-order valence-corrected chi connectivity index (χ0v) is 19.6. The fourth-order valence-electron chi connectivity index (χ4n) is 4.37. The zero-order valence-electron chi connectivity index (χ0n) is 19.6. The van der Waals surface area contributed by atoms with Crippen molar-refractivity contribution in [1.29, 1.82) is 10.8 Å². The number of amides is 1. The SMILES string of the molecule is N=CN(C(=N)c1cccc(NC(=O)c2cc(-c3ccc(C4CC4)nc3)c3ccccc3n2)n1)C1CC1. The standard InChI is InChI=1S/C28H25N7O/c29-16-35(19-11-12-19)27(30)24-6-3-7-26(33-24)34-28(36)25-14-21(20-4-1-2-5-23(20)32-25)18-10-13-22(31-15-18)17-8-9-17/h1-7,10,13-17,19,29-30H,8-9,11-12H2,(H,33,34,36). The number of benzene rings is 1. The lowest BCUT2D eigenvalue weighted by Crippen LogP contribution is -2.32. The van der Waals surface area contributed by atoms with E-state index in [1.54, 1.807) is 29.2 Å². The fourth-order valence-corrected chi connectivity index (χ4v) is 4.37. The van der Waals surface area contributed by atoms with Gasteiger partial charge in [-0.05, 0) is 61.6 Å². The minimum atomic E-state index is -0.383. The number of aromatic nitrogens is 3. The molecule has 2 saturated carbocycles. The van der Waals surface area contributed by atoms with Crippen LogP contribution in [0, 0.1) is 10.8 Å². The molecule has 1 aromatic carbocycles. The molecule has 2 fully saturated rings. The highest BCUT2D eigenvalue weighted by molar-refractivity contribution is 6.07. The van der Waals surface area contributed by atoms with Gasteiger partial charge in [0, 0.05) is 34.8 Å². The average molecular weight is 476 g/mol.